The molecule has 2 aromatic rings. The van der Waals surface area contributed by atoms with Crippen molar-refractivity contribution in [2.75, 3.05) is 31.1 Å². The number of anilines is 1. The van der Waals surface area contributed by atoms with Gasteiger partial charge >= 0.3 is 0 Å². The van der Waals surface area contributed by atoms with E-state index in [1.807, 2.05) is 24.2 Å². The molecule has 0 aliphatic carbocycles. The summed E-state index contributed by atoms with van der Waals surface area (Å²) in [5, 5.41) is 7.68. The lowest BCUT2D eigenvalue weighted by Crippen LogP contribution is -2.40. The lowest BCUT2D eigenvalue weighted by atomic mass is 9.96. The quantitative estimate of drug-likeness (QED) is 0.586. The van der Waals surface area contributed by atoms with Gasteiger partial charge in [-0.3, -0.25) is 10.4 Å². The van der Waals surface area contributed by atoms with Crippen LogP contribution in [0, 0.1) is 11.3 Å². The number of allylic oxidation sites excluding steroid dienone is 1. The van der Waals surface area contributed by atoms with Crippen LogP contribution in [0.15, 0.2) is 42.7 Å². The second-order valence-corrected chi connectivity index (χ2v) is 8.16. The van der Waals surface area contributed by atoms with Crippen molar-refractivity contribution in [2.24, 2.45) is 11.7 Å². The molecule has 1 aromatic carbocycles. The molecule has 6 heteroatoms. The van der Waals surface area contributed by atoms with Gasteiger partial charge in [0.1, 0.15) is 5.75 Å². The third-order valence-corrected chi connectivity index (χ3v) is 6.15. The number of guanidine groups is 1. The Balaban J connectivity index is 1.31. The third kappa shape index (κ3) is 4.58. The molecule has 2 aliphatic heterocycles. The van der Waals surface area contributed by atoms with Gasteiger partial charge in [-0.2, -0.15) is 0 Å². The maximum Gasteiger partial charge on any atom is 0.188 e. The number of rotatable bonds is 5. The van der Waals surface area contributed by atoms with Gasteiger partial charge in [0.25, 0.3) is 0 Å². The van der Waals surface area contributed by atoms with Gasteiger partial charge in [-0.1, -0.05) is 18.2 Å². The first-order chi connectivity index (χ1) is 14.6. The highest BCUT2D eigenvalue weighted by Gasteiger charge is 2.22. The number of hydrogen-bond donors (Lipinski definition) is 2. The van der Waals surface area contributed by atoms with Crippen LogP contribution in [0.3, 0.4) is 0 Å². The standard InChI is InChI=1S/C24H31N5O/c1-2-3-20-15-27-10-6-23(20)28-11-7-18(8-12-28)17-30-22-5-4-19-9-13-29(24(25)26)16-21(19)14-22/h2-6,10,14-15,18H,7-9,11-13,16-17H2,1H3,(H3,25,26)/b3-2+. The number of nitrogens with zero attached hydrogens (tertiary/aromatic N) is 3. The number of pyridine rings is 1. The molecule has 0 saturated carbocycles. The lowest BCUT2D eigenvalue weighted by Gasteiger charge is -2.34. The number of nitrogens with two attached hydrogens (primary N) is 1. The molecule has 0 bridgehead atoms. The molecule has 3 N–H and O–H groups in total. The van der Waals surface area contributed by atoms with Gasteiger partial charge in [0, 0.05) is 49.8 Å². The fourth-order valence-electron chi connectivity index (χ4n) is 4.38. The molecule has 0 atom stereocenters. The summed E-state index contributed by atoms with van der Waals surface area (Å²) in [6.07, 6.45) is 11.2. The molecule has 0 amide bonds. The zero-order chi connectivity index (χ0) is 20.9. The molecule has 0 spiro atoms. The van der Waals surface area contributed by atoms with E-state index in [1.54, 1.807) is 0 Å². The first kappa shape index (κ1) is 20.3. The Bertz CT molecular complexity index is 918. The predicted octanol–water partition coefficient (Wildman–Crippen LogP) is 3.66. The van der Waals surface area contributed by atoms with Gasteiger partial charge in [-0.25, -0.2) is 0 Å². The molecule has 30 heavy (non-hydrogen) atoms. The summed E-state index contributed by atoms with van der Waals surface area (Å²) >= 11 is 0. The number of nitrogens with one attached hydrogen (secondary N) is 1. The maximum absolute atomic E-state index is 7.68. The maximum atomic E-state index is 7.68. The van der Waals surface area contributed by atoms with Gasteiger partial charge in [-0.15, -0.1) is 0 Å². The molecule has 1 fully saturated rings. The Morgan fingerprint density at radius 3 is 2.83 bits per heavy atom. The molecule has 0 unspecified atom stereocenters. The van der Waals surface area contributed by atoms with E-state index in [0.29, 0.717) is 12.5 Å². The number of benzene rings is 1. The first-order valence-electron chi connectivity index (χ1n) is 10.8. The molecule has 6 nitrogen and oxygen atoms in total. The van der Waals surface area contributed by atoms with Crippen LogP contribution in [0.25, 0.3) is 6.08 Å². The number of piperidine rings is 1. The topological polar surface area (TPSA) is 78.5 Å². The Kier molecular flexibility index (Phi) is 6.21. The molecule has 2 aliphatic rings. The fourth-order valence-corrected chi connectivity index (χ4v) is 4.38. The van der Waals surface area contributed by atoms with Gasteiger partial charge < -0.3 is 20.3 Å². The first-order valence-corrected chi connectivity index (χ1v) is 10.8. The second kappa shape index (κ2) is 9.20. The minimum atomic E-state index is 0.144. The van der Waals surface area contributed by atoms with E-state index < -0.39 is 0 Å². The normalized spacial score (nSPS) is 17.2. The van der Waals surface area contributed by atoms with Crippen LogP contribution in [-0.2, 0) is 13.0 Å². The van der Waals surface area contributed by atoms with Crippen molar-refractivity contribution in [3.63, 3.8) is 0 Å². The van der Waals surface area contributed by atoms with Crippen LogP contribution in [0.5, 0.6) is 5.75 Å². The predicted molar refractivity (Wildman–Crippen MR) is 122 cm³/mol. The minimum absolute atomic E-state index is 0.144. The van der Waals surface area contributed by atoms with E-state index in [2.05, 4.69) is 46.3 Å². The molecule has 3 heterocycles. The van der Waals surface area contributed by atoms with E-state index in [0.717, 1.165) is 51.3 Å². The largest absolute Gasteiger partial charge is 0.493 e. The number of hydrogen-bond acceptors (Lipinski definition) is 4. The zero-order valence-electron chi connectivity index (χ0n) is 17.7. The van der Waals surface area contributed by atoms with Crippen LogP contribution in [0.2, 0.25) is 0 Å². The minimum Gasteiger partial charge on any atom is -0.493 e. The smallest absolute Gasteiger partial charge is 0.188 e. The van der Waals surface area contributed by atoms with Crippen LogP contribution in [0.4, 0.5) is 5.69 Å². The molecular formula is C24H31N5O. The number of ether oxygens (including phenoxy) is 1. The van der Waals surface area contributed by atoms with Gasteiger partial charge in [0.05, 0.1) is 6.61 Å². The molecule has 0 radical (unpaired) electrons. The summed E-state index contributed by atoms with van der Waals surface area (Å²) in [7, 11) is 0. The Morgan fingerprint density at radius 1 is 1.23 bits per heavy atom. The summed E-state index contributed by atoms with van der Waals surface area (Å²) in [5.74, 6) is 1.63. The fraction of sp³-hybridized carbons (Fsp3) is 0.417. The van der Waals surface area contributed by atoms with E-state index in [1.165, 1.54) is 22.4 Å². The second-order valence-electron chi connectivity index (χ2n) is 8.16. The van der Waals surface area contributed by atoms with E-state index in [4.69, 9.17) is 15.9 Å². The SMILES string of the molecule is C/C=C/c1cnccc1N1CCC(COc2ccc3c(c2)CN(C(=N)N)CC3)CC1. The lowest BCUT2D eigenvalue weighted by molar-refractivity contribution is 0.222. The van der Waals surface area contributed by atoms with Gasteiger partial charge in [0.2, 0.25) is 0 Å². The highest BCUT2D eigenvalue weighted by molar-refractivity contribution is 5.75. The molecule has 158 valence electrons. The zero-order valence-corrected chi connectivity index (χ0v) is 17.7. The Hall–Kier alpha value is -3.02. The van der Waals surface area contributed by atoms with E-state index in [-0.39, 0.29) is 5.96 Å². The summed E-state index contributed by atoms with van der Waals surface area (Å²) in [6, 6.07) is 8.48. The average molecular weight is 406 g/mol. The van der Waals surface area contributed by atoms with Crippen LogP contribution < -0.4 is 15.4 Å². The summed E-state index contributed by atoms with van der Waals surface area (Å²) < 4.78 is 6.17. The summed E-state index contributed by atoms with van der Waals surface area (Å²) in [4.78, 5) is 8.63. The van der Waals surface area contributed by atoms with Crippen LogP contribution >= 0.6 is 0 Å². The summed E-state index contributed by atoms with van der Waals surface area (Å²) in [6.45, 7) is 6.38. The highest BCUT2D eigenvalue weighted by atomic mass is 16.5. The van der Waals surface area contributed by atoms with Gasteiger partial charge in [-0.05, 0) is 61.4 Å². The summed E-state index contributed by atoms with van der Waals surface area (Å²) in [5.41, 5.74) is 10.7. The van der Waals surface area contributed by atoms with Crippen LogP contribution in [0.1, 0.15) is 36.5 Å². The molecular weight excluding hydrogens is 374 g/mol. The van der Waals surface area contributed by atoms with Crippen molar-refractivity contribution in [3.8, 4) is 5.75 Å². The molecule has 4 rings (SSSR count). The third-order valence-electron chi connectivity index (χ3n) is 6.15. The van der Waals surface area contributed by atoms with Gasteiger partial charge in [0.15, 0.2) is 5.96 Å². The van der Waals surface area contributed by atoms with Crippen molar-refractivity contribution in [3.05, 3.63) is 59.4 Å². The van der Waals surface area contributed by atoms with Crippen LogP contribution in [-0.4, -0.2) is 42.1 Å². The van der Waals surface area contributed by atoms with Crippen molar-refractivity contribution < 1.29 is 4.74 Å². The number of fused-ring (bicyclic) bond motifs is 1. The van der Waals surface area contributed by atoms with Crippen molar-refractivity contribution >= 4 is 17.7 Å². The van der Waals surface area contributed by atoms with Crippen molar-refractivity contribution in [1.29, 1.82) is 5.41 Å². The Labute approximate surface area is 178 Å². The highest BCUT2D eigenvalue weighted by Crippen LogP contribution is 2.28. The van der Waals surface area contributed by atoms with E-state index >= 15 is 0 Å². The Morgan fingerprint density at radius 2 is 2.07 bits per heavy atom. The van der Waals surface area contributed by atoms with E-state index in [9.17, 15) is 0 Å². The van der Waals surface area contributed by atoms with Crippen molar-refractivity contribution in [2.45, 2.75) is 32.7 Å². The average Bonchev–Trinajstić information content (AvgIpc) is 2.78. The molecule has 1 aromatic heterocycles. The monoisotopic (exact) mass is 405 g/mol. The number of aromatic nitrogens is 1. The van der Waals surface area contributed by atoms with Crippen molar-refractivity contribution in [1.82, 2.24) is 9.88 Å². The molecule has 1 saturated heterocycles.